The van der Waals surface area contributed by atoms with E-state index in [1.54, 1.807) is 11.3 Å². The molecule has 1 aromatic heterocycles. The Morgan fingerprint density at radius 2 is 1.61 bits per heavy atom. The Morgan fingerprint density at radius 1 is 0.889 bits per heavy atom. The summed E-state index contributed by atoms with van der Waals surface area (Å²) in [5.41, 5.74) is 2.52. The largest absolute Gasteiger partial charge is 0.396 e. The lowest BCUT2D eigenvalue weighted by molar-refractivity contribution is 0.301. The third-order valence-corrected chi connectivity index (χ3v) is 4.30. The van der Waals surface area contributed by atoms with Gasteiger partial charge in [-0.25, -0.2) is 0 Å². The van der Waals surface area contributed by atoms with Gasteiger partial charge in [0.15, 0.2) is 0 Å². The van der Waals surface area contributed by atoms with Gasteiger partial charge in [0.2, 0.25) is 0 Å². The highest BCUT2D eigenvalue weighted by Crippen LogP contribution is 2.38. The molecule has 0 bridgehead atoms. The van der Waals surface area contributed by atoms with Crippen LogP contribution in [0, 0.1) is 0 Å². The van der Waals surface area contributed by atoms with Crippen molar-refractivity contribution in [1.82, 2.24) is 0 Å². The van der Waals surface area contributed by atoms with Gasteiger partial charge in [-0.05, 0) is 11.6 Å². The molecule has 0 saturated carbocycles. The zero-order valence-corrected chi connectivity index (χ0v) is 10.8. The lowest BCUT2D eigenvalue weighted by Crippen LogP contribution is -1.89. The molecule has 1 heterocycles. The Kier molecular flexibility index (Phi) is 3.13. The van der Waals surface area contributed by atoms with Crippen LogP contribution in [0.2, 0.25) is 0 Å². The second-order valence-corrected chi connectivity index (χ2v) is 5.37. The van der Waals surface area contributed by atoms with Crippen LogP contribution >= 0.6 is 11.3 Å². The van der Waals surface area contributed by atoms with E-state index in [2.05, 4.69) is 48.5 Å². The molecule has 3 aromatic rings. The Bertz CT molecular complexity index is 655. The van der Waals surface area contributed by atoms with E-state index in [4.69, 9.17) is 0 Å². The fourth-order valence-corrected chi connectivity index (χ4v) is 3.51. The standard InChI is InChI=1S/C16H14OS/c17-11-10-15-16(12-6-2-1-3-7-12)13-8-4-5-9-14(13)18-15/h1-9,17H,10-11H2. The van der Waals surface area contributed by atoms with Crippen molar-refractivity contribution in [1.29, 1.82) is 0 Å². The van der Waals surface area contributed by atoms with Gasteiger partial charge in [0.05, 0.1) is 0 Å². The number of thiophene rings is 1. The molecular formula is C16H14OS. The van der Waals surface area contributed by atoms with Gasteiger partial charge in [-0.2, -0.15) is 0 Å². The summed E-state index contributed by atoms with van der Waals surface area (Å²) in [6.07, 6.45) is 0.726. The van der Waals surface area contributed by atoms with Crippen molar-refractivity contribution in [3.63, 3.8) is 0 Å². The number of hydrogen-bond acceptors (Lipinski definition) is 2. The van der Waals surface area contributed by atoms with Crippen LogP contribution < -0.4 is 0 Å². The highest BCUT2D eigenvalue weighted by Gasteiger charge is 2.12. The Balaban J connectivity index is 2.28. The summed E-state index contributed by atoms with van der Waals surface area (Å²) in [6.45, 7) is 0.201. The smallest absolute Gasteiger partial charge is 0.0479 e. The Hall–Kier alpha value is -1.64. The first-order valence-corrected chi connectivity index (χ1v) is 6.88. The van der Waals surface area contributed by atoms with Crippen LogP contribution in [0.15, 0.2) is 54.6 Å². The van der Waals surface area contributed by atoms with Gasteiger partial charge >= 0.3 is 0 Å². The molecule has 0 saturated heterocycles. The van der Waals surface area contributed by atoms with Gasteiger partial charge < -0.3 is 5.11 Å². The maximum atomic E-state index is 9.22. The lowest BCUT2D eigenvalue weighted by Gasteiger charge is -2.03. The zero-order valence-electron chi connectivity index (χ0n) is 9.97. The molecule has 0 atom stereocenters. The average Bonchev–Trinajstić information content (AvgIpc) is 2.78. The molecular weight excluding hydrogens is 240 g/mol. The summed E-state index contributed by atoms with van der Waals surface area (Å²) < 4.78 is 1.29. The molecule has 0 aliphatic carbocycles. The second-order valence-electron chi connectivity index (χ2n) is 4.24. The molecule has 1 N–H and O–H groups in total. The molecule has 0 fully saturated rings. The summed E-state index contributed by atoms with van der Waals surface area (Å²) in [7, 11) is 0. The third-order valence-electron chi connectivity index (χ3n) is 3.07. The summed E-state index contributed by atoms with van der Waals surface area (Å²) in [5.74, 6) is 0. The molecule has 3 rings (SSSR count). The van der Waals surface area contributed by atoms with E-state index in [9.17, 15) is 5.11 Å². The van der Waals surface area contributed by atoms with Gasteiger partial charge in [-0.3, -0.25) is 0 Å². The molecule has 2 heteroatoms. The Morgan fingerprint density at radius 3 is 2.39 bits per heavy atom. The molecule has 0 radical (unpaired) electrons. The monoisotopic (exact) mass is 254 g/mol. The van der Waals surface area contributed by atoms with Crippen LogP contribution in [-0.2, 0) is 6.42 Å². The van der Waals surface area contributed by atoms with Gasteiger partial charge in [-0.15, -0.1) is 11.3 Å². The summed E-state index contributed by atoms with van der Waals surface area (Å²) in [5, 5.41) is 10.5. The van der Waals surface area contributed by atoms with E-state index in [1.165, 1.54) is 26.1 Å². The van der Waals surface area contributed by atoms with Crippen LogP contribution in [0.3, 0.4) is 0 Å². The minimum atomic E-state index is 0.201. The van der Waals surface area contributed by atoms with Gasteiger partial charge in [-0.1, -0.05) is 48.5 Å². The number of aliphatic hydroxyl groups is 1. The van der Waals surface area contributed by atoms with E-state index in [0.717, 1.165) is 6.42 Å². The molecule has 90 valence electrons. The van der Waals surface area contributed by atoms with Crippen molar-refractivity contribution < 1.29 is 5.11 Å². The SMILES string of the molecule is OCCc1sc2ccccc2c1-c1ccccc1. The quantitative estimate of drug-likeness (QED) is 0.746. The first-order chi connectivity index (χ1) is 8.90. The number of fused-ring (bicyclic) bond motifs is 1. The minimum absolute atomic E-state index is 0.201. The molecule has 2 aromatic carbocycles. The molecule has 0 amide bonds. The summed E-state index contributed by atoms with van der Waals surface area (Å²) in [4.78, 5) is 1.27. The van der Waals surface area contributed by atoms with Gasteiger partial charge in [0, 0.05) is 33.6 Å². The van der Waals surface area contributed by atoms with E-state index in [1.807, 2.05) is 6.07 Å². The van der Waals surface area contributed by atoms with Crippen molar-refractivity contribution in [2.24, 2.45) is 0 Å². The summed E-state index contributed by atoms with van der Waals surface area (Å²) in [6, 6.07) is 18.9. The number of rotatable bonds is 3. The average molecular weight is 254 g/mol. The minimum Gasteiger partial charge on any atom is -0.396 e. The van der Waals surface area contributed by atoms with Crippen LogP contribution in [0.4, 0.5) is 0 Å². The second kappa shape index (κ2) is 4.92. The zero-order chi connectivity index (χ0) is 12.4. The molecule has 0 aliphatic rings. The normalized spacial score (nSPS) is 10.9. The highest BCUT2D eigenvalue weighted by molar-refractivity contribution is 7.19. The van der Waals surface area contributed by atoms with Crippen LogP contribution in [0.5, 0.6) is 0 Å². The fraction of sp³-hybridized carbons (Fsp3) is 0.125. The number of benzene rings is 2. The van der Waals surface area contributed by atoms with Crippen molar-refractivity contribution in [3.05, 3.63) is 59.5 Å². The first kappa shape index (κ1) is 11.5. The topological polar surface area (TPSA) is 20.2 Å². The molecule has 0 unspecified atom stereocenters. The van der Waals surface area contributed by atoms with Gasteiger partial charge in [0.25, 0.3) is 0 Å². The van der Waals surface area contributed by atoms with Gasteiger partial charge in [0.1, 0.15) is 0 Å². The lowest BCUT2D eigenvalue weighted by atomic mass is 10.0. The highest BCUT2D eigenvalue weighted by atomic mass is 32.1. The molecule has 1 nitrogen and oxygen atoms in total. The van der Waals surface area contributed by atoms with E-state index in [-0.39, 0.29) is 6.61 Å². The predicted molar refractivity (Wildman–Crippen MR) is 78.1 cm³/mol. The van der Waals surface area contributed by atoms with E-state index in [0.29, 0.717) is 0 Å². The van der Waals surface area contributed by atoms with Crippen molar-refractivity contribution in [2.75, 3.05) is 6.61 Å². The van der Waals surface area contributed by atoms with E-state index >= 15 is 0 Å². The Labute approximate surface area is 110 Å². The van der Waals surface area contributed by atoms with Crippen molar-refractivity contribution in [3.8, 4) is 11.1 Å². The molecule has 0 aliphatic heterocycles. The molecule has 0 spiro atoms. The van der Waals surface area contributed by atoms with Crippen molar-refractivity contribution >= 4 is 21.4 Å². The van der Waals surface area contributed by atoms with Crippen molar-refractivity contribution in [2.45, 2.75) is 6.42 Å². The predicted octanol–water partition coefficient (Wildman–Crippen LogP) is 4.10. The van der Waals surface area contributed by atoms with Crippen LogP contribution in [0.25, 0.3) is 21.2 Å². The van der Waals surface area contributed by atoms with Crippen LogP contribution in [-0.4, -0.2) is 11.7 Å². The molecule has 18 heavy (non-hydrogen) atoms. The maximum Gasteiger partial charge on any atom is 0.0479 e. The van der Waals surface area contributed by atoms with E-state index < -0.39 is 0 Å². The van der Waals surface area contributed by atoms with Crippen LogP contribution in [0.1, 0.15) is 4.88 Å². The number of hydrogen-bond donors (Lipinski definition) is 1. The summed E-state index contributed by atoms with van der Waals surface area (Å²) >= 11 is 1.78. The first-order valence-electron chi connectivity index (χ1n) is 6.07. The fourth-order valence-electron chi connectivity index (χ4n) is 2.30. The number of aliphatic hydroxyl groups excluding tert-OH is 1. The third kappa shape index (κ3) is 1.94. The maximum absolute atomic E-state index is 9.22.